The van der Waals surface area contributed by atoms with E-state index in [0.717, 1.165) is 0 Å². The largest absolute Gasteiger partial charge is 0.508 e. The number of aromatic nitrogens is 1. The Balaban J connectivity index is 2.01. The number of amides is 1. The molecule has 2 rings (SSSR count). The first-order valence-electron chi connectivity index (χ1n) is 5.34. The molecule has 1 aromatic heterocycles. The number of aromatic hydroxyl groups is 1. The van der Waals surface area contributed by atoms with Gasteiger partial charge in [0, 0.05) is 0 Å². The second kappa shape index (κ2) is 5.27. The summed E-state index contributed by atoms with van der Waals surface area (Å²) < 4.78 is 12.8. The maximum absolute atomic E-state index is 12.8. The van der Waals surface area contributed by atoms with Crippen molar-refractivity contribution >= 4 is 11.7 Å². The summed E-state index contributed by atoms with van der Waals surface area (Å²) in [5.41, 5.74) is 0.670. The number of benzene rings is 1. The zero-order valence-corrected chi connectivity index (χ0v) is 9.43. The van der Waals surface area contributed by atoms with E-state index >= 15 is 0 Å². The summed E-state index contributed by atoms with van der Waals surface area (Å²) in [6.45, 7) is 0. The molecule has 0 radical (unpaired) electrons. The molecule has 0 unspecified atom stereocenters. The number of hydrogen-bond donors (Lipinski definition) is 2. The zero-order chi connectivity index (χ0) is 13.0. The topological polar surface area (TPSA) is 62.2 Å². The number of hydrogen-bond acceptors (Lipinski definition) is 3. The molecule has 4 nitrogen and oxygen atoms in total. The van der Waals surface area contributed by atoms with Gasteiger partial charge in [-0.15, -0.1) is 0 Å². The zero-order valence-electron chi connectivity index (χ0n) is 9.43. The third-order valence-electron chi connectivity index (χ3n) is 2.26. The van der Waals surface area contributed by atoms with Crippen LogP contribution in [0.1, 0.15) is 5.56 Å². The molecule has 0 aliphatic heterocycles. The monoisotopic (exact) mass is 246 g/mol. The second-order valence-electron chi connectivity index (χ2n) is 3.74. The van der Waals surface area contributed by atoms with E-state index in [1.807, 2.05) is 0 Å². The maximum atomic E-state index is 12.8. The lowest BCUT2D eigenvalue weighted by Gasteiger charge is -2.04. The number of halogens is 1. The lowest BCUT2D eigenvalue weighted by Crippen LogP contribution is -2.15. The fraction of sp³-hybridized carbons (Fsp3) is 0.0769. The second-order valence-corrected chi connectivity index (χ2v) is 3.74. The first kappa shape index (κ1) is 12.0. The van der Waals surface area contributed by atoms with Gasteiger partial charge in [0.1, 0.15) is 11.6 Å². The summed E-state index contributed by atoms with van der Waals surface area (Å²) in [5, 5.41) is 11.7. The molecule has 1 amide bonds. The van der Waals surface area contributed by atoms with Crippen molar-refractivity contribution < 1.29 is 14.3 Å². The van der Waals surface area contributed by atoms with Gasteiger partial charge in [0.15, 0.2) is 0 Å². The number of nitrogens with one attached hydrogen (secondary N) is 1. The standard InChI is InChI=1S/C13H11FN2O2/c14-11-5-2-6-12(15-11)16-13(18)8-9-3-1-4-10(17)7-9/h1-7,17H,8H2,(H,15,16,18). The van der Waals surface area contributed by atoms with Crippen LogP contribution in [0.25, 0.3) is 0 Å². The van der Waals surface area contributed by atoms with Crippen molar-refractivity contribution in [3.8, 4) is 5.75 Å². The Morgan fingerprint density at radius 2 is 2.06 bits per heavy atom. The number of phenols is 1. The summed E-state index contributed by atoms with van der Waals surface area (Å²) in [7, 11) is 0. The summed E-state index contributed by atoms with van der Waals surface area (Å²) in [6, 6.07) is 10.6. The minimum Gasteiger partial charge on any atom is -0.508 e. The Kier molecular flexibility index (Phi) is 3.52. The minimum absolute atomic E-state index is 0.0899. The quantitative estimate of drug-likeness (QED) is 0.815. The van der Waals surface area contributed by atoms with Crippen LogP contribution in [0.5, 0.6) is 5.75 Å². The molecule has 0 atom stereocenters. The summed E-state index contributed by atoms with van der Waals surface area (Å²) in [5.74, 6) is -0.701. The van der Waals surface area contributed by atoms with Gasteiger partial charge in [0.2, 0.25) is 11.9 Å². The molecule has 18 heavy (non-hydrogen) atoms. The van der Waals surface area contributed by atoms with Crippen LogP contribution in [0.3, 0.4) is 0 Å². The van der Waals surface area contributed by atoms with Crippen LogP contribution < -0.4 is 5.32 Å². The fourth-order valence-corrected chi connectivity index (χ4v) is 1.52. The number of carbonyl (C=O) groups excluding carboxylic acids is 1. The van der Waals surface area contributed by atoms with Crippen LogP contribution in [0.2, 0.25) is 0 Å². The van der Waals surface area contributed by atoms with E-state index in [-0.39, 0.29) is 23.9 Å². The van der Waals surface area contributed by atoms with Gasteiger partial charge in [-0.05, 0) is 29.8 Å². The van der Waals surface area contributed by atoms with Crippen molar-refractivity contribution in [3.63, 3.8) is 0 Å². The number of carbonyl (C=O) groups is 1. The summed E-state index contributed by atoms with van der Waals surface area (Å²) >= 11 is 0. The van der Waals surface area contributed by atoms with E-state index < -0.39 is 5.95 Å². The van der Waals surface area contributed by atoms with Gasteiger partial charge in [-0.3, -0.25) is 4.79 Å². The van der Waals surface area contributed by atoms with E-state index in [9.17, 15) is 14.3 Å². The lowest BCUT2D eigenvalue weighted by molar-refractivity contribution is -0.115. The van der Waals surface area contributed by atoms with Crippen molar-refractivity contribution in [3.05, 3.63) is 54.0 Å². The maximum Gasteiger partial charge on any atom is 0.229 e. The van der Waals surface area contributed by atoms with Crippen molar-refractivity contribution in [2.45, 2.75) is 6.42 Å². The van der Waals surface area contributed by atoms with Gasteiger partial charge in [0.05, 0.1) is 6.42 Å². The van der Waals surface area contributed by atoms with Gasteiger partial charge in [-0.25, -0.2) is 4.98 Å². The Morgan fingerprint density at radius 1 is 1.28 bits per heavy atom. The van der Waals surface area contributed by atoms with E-state index in [1.54, 1.807) is 12.1 Å². The third-order valence-corrected chi connectivity index (χ3v) is 2.26. The predicted molar refractivity (Wildman–Crippen MR) is 64.6 cm³/mol. The lowest BCUT2D eigenvalue weighted by atomic mass is 10.1. The van der Waals surface area contributed by atoms with Crippen LogP contribution in [0, 0.1) is 5.95 Å². The van der Waals surface area contributed by atoms with E-state index in [1.165, 1.54) is 30.3 Å². The minimum atomic E-state index is -0.648. The summed E-state index contributed by atoms with van der Waals surface area (Å²) in [4.78, 5) is 15.2. The Morgan fingerprint density at radius 3 is 2.78 bits per heavy atom. The number of anilines is 1. The van der Waals surface area contributed by atoms with Crippen molar-refractivity contribution in [2.75, 3.05) is 5.32 Å². The highest BCUT2D eigenvalue weighted by Gasteiger charge is 2.06. The number of phenolic OH excluding ortho intramolecular Hbond substituents is 1. The van der Waals surface area contributed by atoms with Crippen LogP contribution >= 0.6 is 0 Å². The number of pyridine rings is 1. The highest BCUT2D eigenvalue weighted by molar-refractivity contribution is 5.91. The molecule has 1 heterocycles. The molecule has 0 aliphatic rings. The normalized spacial score (nSPS) is 10.1. The Hall–Kier alpha value is -2.43. The SMILES string of the molecule is O=C(Cc1cccc(O)c1)Nc1cccc(F)n1. The molecule has 2 N–H and O–H groups in total. The molecule has 0 aliphatic carbocycles. The average Bonchev–Trinajstić information content (AvgIpc) is 2.28. The average molecular weight is 246 g/mol. The number of rotatable bonds is 3. The van der Waals surface area contributed by atoms with E-state index in [0.29, 0.717) is 5.56 Å². The Bertz CT molecular complexity index is 523. The van der Waals surface area contributed by atoms with Crippen LogP contribution in [-0.2, 0) is 11.2 Å². The highest BCUT2D eigenvalue weighted by Crippen LogP contribution is 2.12. The molecular formula is C13H11FN2O2. The molecule has 1 aromatic carbocycles. The fourth-order valence-electron chi connectivity index (χ4n) is 1.52. The van der Waals surface area contributed by atoms with Gasteiger partial charge >= 0.3 is 0 Å². The van der Waals surface area contributed by atoms with E-state index in [2.05, 4.69) is 10.3 Å². The molecule has 92 valence electrons. The Labute approximate surface area is 103 Å². The van der Waals surface area contributed by atoms with Crippen LogP contribution in [0.15, 0.2) is 42.5 Å². The van der Waals surface area contributed by atoms with Crippen molar-refractivity contribution in [1.29, 1.82) is 0 Å². The van der Waals surface area contributed by atoms with Crippen molar-refractivity contribution in [1.82, 2.24) is 4.98 Å². The molecule has 2 aromatic rings. The first-order chi connectivity index (χ1) is 8.63. The summed E-state index contributed by atoms with van der Waals surface area (Å²) in [6.07, 6.45) is 0.0899. The van der Waals surface area contributed by atoms with Crippen LogP contribution in [-0.4, -0.2) is 16.0 Å². The van der Waals surface area contributed by atoms with Crippen LogP contribution in [0.4, 0.5) is 10.2 Å². The molecular weight excluding hydrogens is 235 g/mol. The first-order valence-corrected chi connectivity index (χ1v) is 5.34. The van der Waals surface area contributed by atoms with E-state index in [4.69, 9.17) is 0 Å². The molecule has 0 saturated heterocycles. The van der Waals surface area contributed by atoms with Gasteiger partial charge in [-0.2, -0.15) is 4.39 Å². The van der Waals surface area contributed by atoms with Gasteiger partial charge in [0.25, 0.3) is 0 Å². The molecule has 0 bridgehead atoms. The highest BCUT2D eigenvalue weighted by atomic mass is 19.1. The molecule has 5 heteroatoms. The molecule has 0 saturated carbocycles. The van der Waals surface area contributed by atoms with Gasteiger partial charge < -0.3 is 10.4 Å². The number of nitrogens with zero attached hydrogens (tertiary/aromatic N) is 1. The smallest absolute Gasteiger partial charge is 0.229 e. The van der Waals surface area contributed by atoms with Crippen molar-refractivity contribution in [2.24, 2.45) is 0 Å². The predicted octanol–water partition coefficient (Wildman–Crippen LogP) is 2.11. The molecule has 0 spiro atoms. The third kappa shape index (κ3) is 3.28. The molecule has 0 fully saturated rings. The van der Waals surface area contributed by atoms with Gasteiger partial charge in [-0.1, -0.05) is 18.2 Å².